The largest absolute Gasteiger partial charge is 0.309 e. The zero-order chi connectivity index (χ0) is 30.4. The molecule has 4 nitrogen and oxygen atoms in total. The van der Waals surface area contributed by atoms with Gasteiger partial charge in [-0.05, 0) is 89.0 Å². The van der Waals surface area contributed by atoms with Crippen molar-refractivity contribution in [2.45, 2.75) is 19.3 Å². The van der Waals surface area contributed by atoms with Gasteiger partial charge in [0.1, 0.15) is 0 Å². The Morgan fingerprint density at radius 2 is 1.11 bits per heavy atom. The molecule has 0 aliphatic heterocycles. The Kier molecular flexibility index (Phi) is 5.06. The van der Waals surface area contributed by atoms with E-state index in [2.05, 4.69) is 120 Å². The predicted molar refractivity (Wildman–Crippen MR) is 182 cm³/mol. The second kappa shape index (κ2) is 8.96. The summed E-state index contributed by atoms with van der Waals surface area (Å²) in [5.74, 6) is 0. The van der Waals surface area contributed by atoms with Gasteiger partial charge in [0.2, 0.25) is 0 Å². The third kappa shape index (κ3) is 3.34. The molecule has 2 aromatic heterocycles. The molecule has 1 aliphatic rings. The first-order valence-electron chi connectivity index (χ1n) is 15.2. The zero-order valence-corrected chi connectivity index (χ0v) is 24.8. The fraction of sp³-hybridized carbons (Fsp3) is 0.0732. The summed E-state index contributed by atoms with van der Waals surface area (Å²) in [7, 11) is 0. The maximum Gasteiger partial charge on any atom is 0.0991 e. The van der Waals surface area contributed by atoms with Crippen LogP contribution >= 0.6 is 0 Å². The molecule has 45 heavy (non-hydrogen) atoms. The molecule has 4 heteroatoms. The summed E-state index contributed by atoms with van der Waals surface area (Å²) in [4.78, 5) is 0. The third-order valence-corrected chi connectivity index (χ3v) is 9.75. The van der Waals surface area contributed by atoms with Crippen LogP contribution in [0.3, 0.4) is 0 Å². The van der Waals surface area contributed by atoms with Crippen molar-refractivity contribution in [3.05, 3.63) is 144 Å². The number of rotatable bonds is 2. The monoisotopic (exact) mass is 574 g/mol. The van der Waals surface area contributed by atoms with Gasteiger partial charge in [-0.1, -0.05) is 68.4 Å². The minimum Gasteiger partial charge on any atom is -0.309 e. The summed E-state index contributed by atoms with van der Waals surface area (Å²) in [6.45, 7) is 4.61. The van der Waals surface area contributed by atoms with Crippen molar-refractivity contribution >= 4 is 43.6 Å². The Balaban J connectivity index is 1.36. The lowest BCUT2D eigenvalue weighted by atomic mass is 9.82. The molecule has 8 aromatic rings. The van der Waals surface area contributed by atoms with Crippen LogP contribution in [-0.4, -0.2) is 9.13 Å². The third-order valence-electron chi connectivity index (χ3n) is 9.75. The first-order valence-corrected chi connectivity index (χ1v) is 15.2. The molecule has 0 radical (unpaired) electrons. The Labute approximate surface area is 260 Å². The molecule has 210 valence electrons. The van der Waals surface area contributed by atoms with E-state index in [1.807, 2.05) is 36.4 Å². The molecule has 0 bridgehead atoms. The SMILES string of the molecule is CC1(C)c2ccccc2-c2c1ccc1c2c2cc(C#N)ccc2n1-c1cccc(-n2c3ccccc3c3cc(C#N)ccc32)c1. The number of nitrogens with zero attached hydrogens (tertiary/aromatic N) is 4. The summed E-state index contributed by atoms with van der Waals surface area (Å²) in [6.07, 6.45) is 0. The molecule has 0 atom stereocenters. The van der Waals surface area contributed by atoms with E-state index in [1.165, 1.54) is 27.6 Å². The number of fused-ring (bicyclic) bond motifs is 10. The lowest BCUT2D eigenvalue weighted by Crippen LogP contribution is -2.14. The van der Waals surface area contributed by atoms with Gasteiger partial charge in [0.05, 0.1) is 45.3 Å². The maximum atomic E-state index is 9.90. The molecule has 0 amide bonds. The van der Waals surface area contributed by atoms with Crippen molar-refractivity contribution < 1.29 is 0 Å². The van der Waals surface area contributed by atoms with Gasteiger partial charge >= 0.3 is 0 Å². The van der Waals surface area contributed by atoms with Gasteiger partial charge in [-0.3, -0.25) is 0 Å². The van der Waals surface area contributed by atoms with E-state index >= 15 is 0 Å². The molecule has 0 saturated heterocycles. The van der Waals surface area contributed by atoms with Gasteiger partial charge in [0.25, 0.3) is 0 Å². The van der Waals surface area contributed by atoms with Crippen LogP contribution in [-0.2, 0) is 5.41 Å². The average molecular weight is 575 g/mol. The Bertz CT molecular complexity index is 2650. The summed E-state index contributed by atoms with van der Waals surface area (Å²) >= 11 is 0. The van der Waals surface area contributed by atoms with E-state index in [9.17, 15) is 10.5 Å². The number of para-hydroxylation sites is 1. The van der Waals surface area contributed by atoms with Crippen LogP contribution in [0.5, 0.6) is 0 Å². The summed E-state index contributed by atoms with van der Waals surface area (Å²) in [5.41, 5.74) is 12.8. The normalized spacial score (nSPS) is 13.2. The molecule has 0 N–H and O–H groups in total. The van der Waals surface area contributed by atoms with Crippen LogP contribution < -0.4 is 0 Å². The van der Waals surface area contributed by atoms with Crippen molar-refractivity contribution in [2.24, 2.45) is 0 Å². The molecular formula is C41H26N4. The van der Waals surface area contributed by atoms with Crippen molar-refractivity contribution in [1.29, 1.82) is 10.5 Å². The first kappa shape index (κ1) is 25.4. The molecule has 0 fully saturated rings. The number of hydrogen-bond acceptors (Lipinski definition) is 2. The molecule has 9 rings (SSSR count). The fourth-order valence-electron chi connectivity index (χ4n) is 7.74. The van der Waals surface area contributed by atoms with Crippen LogP contribution in [0.2, 0.25) is 0 Å². The average Bonchev–Trinajstić information content (AvgIpc) is 3.67. The van der Waals surface area contributed by atoms with Gasteiger partial charge in [0, 0.05) is 38.3 Å². The number of nitriles is 2. The highest BCUT2D eigenvalue weighted by atomic mass is 15.0. The second-order valence-electron chi connectivity index (χ2n) is 12.4. The Hall–Kier alpha value is -6.10. The van der Waals surface area contributed by atoms with E-state index in [0.29, 0.717) is 11.1 Å². The highest BCUT2D eigenvalue weighted by molar-refractivity contribution is 6.18. The number of aromatic nitrogens is 2. The highest BCUT2D eigenvalue weighted by Crippen LogP contribution is 2.53. The molecule has 0 spiro atoms. The van der Waals surface area contributed by atoms with Crippen molar-refractivity contribution in [2.75, 3.05) is 0 Å². The molecule has 1 aliphatic carbocycles. The lowest BCUT2D eigenvalue weighted by Gasteiger charge is -2.21. The Morgan fingerprint density at radius 1 is 0.511 bits per heavy atom. The minimum absolute atomic E-state index is 0.122. The van der Waals surface area contributed by atoms with Gasteiger partial charge < -0.3 is 9.13 Å². The Morgan fingerprint density at radius 3 is 1.87 bits per heavy atom. The van der Waals surface area contributed by atoms with Crippen molar-refractivity contribution in [1.82, 2.24) is 9.13 Å². The number of hydrogen-bond donors (Lipinski definition) is 0. The van der Waals surface area contributed by atoms with Gasteiger partial charge in [-0.25, -0.2) is 0 Å². The molecular weight excluding hydrogens is 548 g/mol. The van der Waals surface area contributed by atoms with Crippen LogP contribution in [0.15, 0.2) is 121 Å². The van der Waals surface area contributed by atoms with Crippen LogP contribution in [0.25, 0.3) is 66.1 Å². The smallest absolute Gasteiger partial charge is 0.0991 e. The van der Waals surface area contributed by atoms with E-state index in [4.69, 9.17) is 0 Å². The van der Waals surface area contributed by atoms with Gasteiger partial charge in [0.15, 0.2) is 0 Å². The maximum absolute atomic E-state index is 9.90. The van der Waals surface area contributed by atoms with Crippen molar-refractivity contribution in [3.63, 3.8) is 0 Å². The number of benzene rings is 6. The quantitative estimate of drug-likeness (QED) is 0.206. The molecule has 2 heterocycles. The van der Waals surface area contributed by atoms with Gasteiger partial charge in [-0.15, -0.1) is 0 Å². The minimum atomic E-state index is -0.122. The van der Waals surface area contributed by atoms with E-state index in [-0.39, 0.29) is 5.41 Å². The highest BCUT2D eigenvalue weighted by Gasteiger charge is 2.37. The standard InChI is InChI=1S/C41H26N4/c1-41(2)33-12-5-3-11-30(33)39-34(41)16-19-38-40(39)32-21-26(24-43)15-18-37(32)45(38)28-9-7-8-27(22-28)44-35-13-6-4-10-29(35)31-20-25(23-42)14-17-36(31)44/h3-22H,1-2H3. The fourth-order valence-corrected chi connectivity index (χ4v) is 7.74. The van der Waals surface area contributed by atoms with Crippen LogP contribution in [0.1, 0.15) is 36.1 Å². The molecule has 0 saturated carbocycles. The topological polar surface area (TPSA) is 57.4 Å². The lowest BCUT2D eigenvalue weighted by molar-refractivity contribution is 0.661. The molecule has 0 unspecified atom stereocenters. The van der Waals surface area contributed by atoms with Gasteiger partial charge in [-0.2, -0.15) is 10.5 Å². The summed E-state index contributed by atoms with van der Waals surface area (Å²) in [5, 5.41) is 24.0. The van der Waals surface area contributed by atoms with E-state index in [1.54, 1.807) is 0 Å². The van der Waals surface area contributed by atoms with Crippen LogP contribution in [0.4, 0.5) is 0 Å². The summed E-state index contributed by atoms with van der Waals surface area (Å²) in [6, 6.07) is 47.0. The van der Waals surface area contributed by atoms with E-state index < -0.39 is 0 Å². The zero-order valence-electron chi connectivity index (χ0n) is 24.8. The second-order valence-corrected chi connectivity index (χ2v) is 12.4. The summed E-state index contributed by atoms with van der Waals surface area (Å²) < 4.78 is 4.62. The van der Waals surface area contributed by atoms with Crippen molar-refractivity contribution in [3.8, 4) is 34.6 Å². The first-order chi connectivity index (χ1) is 22.0. The predicted octanol–water partition coefficient (Wildman–Crippen LogP) is 9.93. The van der Waals surface area contributed by atoms with Crippen LogP contribution in [0, 0.1) is 22.7 Å². The molecule has 6 aromatic carbocycles. The van der Waals surface area contributed by atoms with E-state index in [0.717, 1.165) is 49.6 Å².